The molecule has 1 aromatic carbocycles. The van der Waals surface area contributed by atoms with E-state index in [1.807, 2.05) is 0 Å². The average molecular weight is 424 g/mol. The summed E-state index contributed by atoms with van der Waals surface area (Å²) in [6.45, 7) is 3.62. The number of halogens is 2. The molecule has 1 aromatic heterocycles. The summed E-state index contributed by atoms with van der Waals surface area (Å²) >= 11 is 5.91. The third-order valence-electron chi connectivity index (χ3n) is 4.77. The number of carbonyl (C=O) groups excluding carboxylic acids is 2. The van der Waals surface area contributed by atoms with Crippen molar-refractivity contribution in [2.45, 2.75) is 0 Å². The average Bonchev–Trinajstić information content (AvgIpc) is 3.08. The normalized spacial score (nSPS) is 14.7. The van der Waals surface area contributed by atoms with Crippen LogP contribution in [-0.2, 0) is 7.05 Å². The van der Waals surface area contributed by atoms with Crippen LogP contribution in [0.5, 0.6) is 5.88 Å². The Balaban J connectivity index is 1.45. The number of benzene rings is 1. The number of nitrogens with one attached hydrogen (secondary N) is 1. The zero-order chi connectivity index (χ0) is 21.0. The van der Waals surface area contributed by atoms with Crippen molar-refractivity contribution >= 4 is 23.4 Å². The monoisotopic (exact) mass is 423 g/mol. The molecule has 0 aliphatic carbocycles. The Bertz CT molecular complexity index is 896. The van der Waals surface area contributed by atoms with Crippen LogP contribution < -0.4 is 10.1 Å². The molecule has 0 saturated carbocycles. The molecule has 0 unspecified atom stereocenters. The van der Waals surface area contributed by atoms with E-state index in [2.05, 4.69) is 15.3 Å². The van der Waals surface area contributed by atoms with Crippen molar-refractivity contribution in [1.82, 2.24) is 24.9 Å². The first-order valence-corrected chi connectivity index (χ1v) is 9.59. The molecule has 2 heterocycles. The number of ether oxygens (including phenoxy) is 1. The van der Waals surface area contributed by atoms with Crippen LogP contribution in [0.1, 0.15) is 20.7 Å². The molecule has 10 heteroatoms. The molecule has 1 aliphatic heterocycles. The smallest absolute Gasteiger partial charge is 0.261 e. The van der Waals surface area contributed by atoms with E-state index in [4.69, 9.17) is 16.3 Å². The summed E-state index contributed by atoms with van der Waals surface area (Å²) in [5.74, 6) is -0.605. The quantitative estimate of drug-likeness (QED) is 0.760. The minimum Gasteiger partial charge on any atom is -0.479 e. The molecule has 3 rings (SSSR count). The van der Waals surface area contributed by atoms with E-state index >= 15 is 0 Å². The molecular formula is C19H23ClFN5O3. The van der Waals surface area contributed by atoms with E-state index in [1.54, 1.807) is 22.8 Å². The van der Waals surface area contributed by atoms with Crippen molar-refractivity contribution in [2.24, 2.45) is 7.05 Å². The van der Waals surface area contributed by atoms with Gasteiger partial charge in [0.2, 0.25) is 5.88 Å². The minimum absolute atomic E-state index is 0.0838. The Kier molecular flexibility index (Phi) is 6.71. The van der Waals surface area contributed by atoms with Crippen molar-refractivity contribution < 1.29 is 18.7 Å². The number of piperazine rings is 1. The first kappa shape index (κ1) is 21.1. The molecule has 2 amide bonds. The second-order valence-electron chi connectivity index (χ2n) is 6.74. The van der Waals surface area contributed by atoms with Crippen LogP contribution in [0.4, 0.5) is 4.39 Å². The molecule has 0 radical (unpaired) electrons. The van der Waals surface area contributed by atoms with Crippen molar-refractivity contribution in [2.75, 3.05) is 46.4 Å². The van der Waals surface area contributed by atoms with Gasteiger partial charge < -0.3 is 15.0 Å². The van der Waals surface area contributed by atoms with Crippen LogP contribution in [0.25, 0.3) is 0 Å². The lowest BCUT2D eigenvalue weighted by Crippen LogP contribution is -2.50. The molecule has 0 spiro atoms. The maximum atomic E-state index is 13.1. The lowest BCUT2D eigenvalue weighted by molar-refractivity contribution is 0.0635. The molecule has 1 aliphatic rings. The van der Waals surface area contributed by atoms with Gasteiger partial charge in [-0.25, -0.2) is 4.39 Å². The molecule has 1 N–H and O–H groups in total. The number of carbonyl (C=O) groups is 2. The van der Waals surface area contributed by atoms with Gasteiger partial charge in [-0.15, -0.1) is 5.10 Å². The van der Waals surface area contributed by atoms with Crippen LogP contribution in [0.2, 0.25) is 5.02 Å². The van der Waals surface area contributed by atoms with E-state index in [9.17, 15) is 14.0 Å². The van der Waals surface area contributed by atoms with E-state index in [1.165, 1.54) is 19.2 Å². The van der Waals surface area contributed by atoms with Crippen molar-refractivity contribution in [3.8, 4) is 5.88 Å². The largest absolute Gasteiger partial charge is 0.479 e. The van der Waals surface area contributed by atoms with Crippen LogP contribution >= 0.6 is 11.6 Å². The number of methoxy groups -OCH3 is 1. The van der Waals surface area contributed by atoms with Crippen molar-refractivity contribution in [3.05, 3.63) is 46.4 Å². The third-order valence-corrected chi connectivity index (χ3v) is 5.08. The second kappa shape index (κ2) is 9.23. The SMILES string of the molecule is COc1nn(C)cc1C(=O)N1CCN(CCNC(=O)c2ccc(F)cc2Cl)CC1. The van der Waals surface area contributed by atoms with Gasteiger partial charge in [0.05, 0.1) is 17.7 Å². The highest BCUT2D eigenvalue weighted by molar-refractivity contribution is 6.33. The number of rotatable bonds is 6. The number of hydrogen-bond acceptors (Lipinski definition) is 5. The van der Waals surface area contributed by atoms with Gasteiger partial charge in [-0.3, -0.25) is 19.2 Å². The molecule has 1 fully saturated rings. The van der Waals surface area contributed by atoms with E-state index in [-0.39, 0.29) is 22.4 Å². The maximum absolute atomic E-state index is 13.1. The number of amides is 2. The van der Waals surface area contributed by atoms with Crippen molar-refractivity contribution in [3.63, 3.8) is 0 Å². The molecular weight excluding hydrogens is 401 g/mol. The van der Waals surface area contributed by atoms with E-state index < -0.39 is 5.82 Å². The van der Waals surface area contributed by atoms with Gasteiger partial charge >= 0.3 is 0 Å². The first-order valence-electron chi connectivity index (χ1n) is 9.21. The Morgan fingerprint density at radius 2 is 1.97 bits per heavy atom. The number of hydrogen-bond donors (Lipinski definition) is 1. The predicted molar refractivity (Wildman–Crippen MR) is 106 cm³/mol. The van der Waals surface area contributed by atoms with Gasteiger partial charge in [-0.1, -0.05) is 11.6 Å². The van der Waals surface area contributed by atoms with Gasteiger partial charge in [0, 0.05) is 52.5 Å². The third kappa shape index (κ3) is 5.04. The summed E-state index contributed by atoms with van der Waals surface area (Å²) in [7, 11) is 3.23. The summed E-state index contributed by atoms with van der Waals surface area (Å²) < 4.78 is 19.8. The summed E-state index contributed by atoms with van der Waals surface area (Å²) in [6, 6.07) is 3.68. The summed E-state index contributed by atoms with van der Waals surface area (Å²) in [6.07, 6.45) is 1.66. The summed E-state index contributed by atoms with van der Waals surface area (Å²) in [5.41, 5.74) is 0.695. The zero-order valence-electron chi connectivity index (χ0n) is 16.3. The predicted octanol–water partition coefficient (Wildman–Crippen LogP) is 1.41. The molecule has 8 nitrogen and oxygen atoms in total. The number of aryl methyl sites for hydroxylation is 1. The summed E-state index contributed by atoms with van der Waals surface area (Å²) in [5, 5.41) is 6.99. The highest BCUT2D eigenvalue weighted by Crippen LogP contribution is 2.19. The Hall–Kier alpha value is -2.65. The van der Waals surface area contributed by atoms with Gasteiger partial charge in [0.1, 0.15) is 11.4 Å². The zero-order valence-corrected chi connectivity index (χ0v) is 17.1. The Morgan fingerprint density at radius 1 is 1.24 bits per heavy atom. The van der Waals surface area contributed by atoms with Crippen LogP contribution in [0.3, 0.4) is 0 Å². The van der Waals surface area contributed by atoms with Crippen LogP contribution in [-0.4, -0.2) is 77.8 Å². The Morgan fingerprint density at radius 3 is 2.62 bits per heavy atom. The molecule has 0 bridgehead atoms. The standard InChI is InChI=1S/C19H23ClFN5O3/c1-24-12-15(18(23-24)29-2)19(28)26-9-7-25(8-10-26)6-5-22-17(27)14-4-3-13(21)11-16(14)20/h3-4,11-12H,5-10H2,1-2H3,(H,22,27). The molecule has 29 heavy (non-hydrogen) atoms. The molecule has 156 valence electrons. The van der Waals surface area contributed by atoms with E-state index in [0.717, 1.165) is 6.07 Å². The first-order chi connectivity index (χ1) is 13.9. The highest BCUT2D eigenvalue weighted by atomic mass is 35.5. The lowest BCUT2D eigenvalue weighted by Gasteiger charge is -2.34. The molecule has 1 saturated heterocycles. The van der Waals surface area contributed by atoms with Crippen molar-refractivity contribution in [1.29, 1.82) is 0 Å². The van der Waals surface area contributed by atoms with Crippen LogP contribution in [0.15, 0.2) is 24.4 Å². The van der Waals surface area contributed by atoms with Gasteiger partial charge in [0.25, 0.3) is 11.8 Å². The van der Waals surface area contributed by atoms with Crippen LogP contribution in [0, 0.1) is 5.82 Å². The van der Waals surface area contributed by atoms with Gasteiger partial charge in [-0.2, -0.15) is 0 Å². The molecule has 2 aromatic rings. The van der Waals surface area contributed by atoms with E-state index in [0.29, 0.717) is 50.7 Å². The van der Waals surface area contributed by atoms with Gasteiger partial charge in [0.15, 0.2) is 0 Å². The molecule has 0 atom stereocenters. The number of aromatic nitrogens is 2. The fraction of sp³-hybridized carbons (Fsp3) is 0.421. The maximum Gasteiger partial charge on any atom is 0.261 e. The highest BCUT2D eigenvalue weighted by Gasteiger charge is 2.26. The fourth-order valence-corrected chi connectivity index (χ4v) is 3.46. The second-order valence-corrected chi connectivity index (χ2v) is 7.15. The minimum atomic E-state index is -0.483. The summed E-state index contributed by atoms with van der Waals surface area (Å²) in [4.78, 5) is 28.8. The topological polar surface area (TPSA) is 79.7 Å². The fourth-order valence-electron chi connectivity index (χ4n) is 3.21. The lowest BCUT2D eigenvalue weighted by atomic mass is 10.2. The van der Waals surface area contributed by atoms with Gasteiger partial charge in [-0.05, 0) is 18.2 Å². The Labute approximate surface area is 173 Å². The number of nitrogens with zero attached hydrogens (tertiary/aromatic N) is 4.